The number of phenols is 1. The lowest BCUT2D eigenvalue weighted by Gasteiger charge is -2.41. The molecule has 3 aliphatic rings. The van der Waals surface area contributed by atoms with Crippen LogP contribution in [0.5, 0.6) is 5.75 Å². The van der Waals surface area contributed by atoms with Gasteiger partial charge in [0.15, 0.2) is 0 Å². The molecule has 3 aliphatic heterocycles. The smallest absolute Gasteiger partial charge is 0.420 e. The van der Waals surface area contributed by atoms with Crippen molar-refractivity contribution in [2.45, 2.75) is 56.8 Å². The van der Waals surface area contributed by atoms with Crippen LogP contribution in [-0.2, 0) is 22.2 Å². The number of aromatic nitrogens is 3. The summed E-state index contributed by atoms with van der Waals surface area (Å²) in [7, 11) is 0. The van der Waals surface area contributed by atoms with E-state index in [9.17, 15) is 32.7 Å². The minimum absolute atomic E-state index is 0.116. The van der Waals surface area contributed by atoms with E-state index in [0.717, 1.165) is 56.0 Å². The first-order valence-electron chi connectivity index (χ1n) is 17.6. The van der Waals surface area contributed by atoms with Gasteiger partial charge in [-0.3, -0.25) is 24.0 Å². The van der Waals surface area contributed by atoms with Gasteiger partial charge in [-0.1, -0.05) is 29.8 Å². The molecule has 0 spiro atoms. The number of fused-ring (bicyclic) bond motifs is 3. The second-order valence-electron chi connectivity index (χ2n) is 13.9. The molecule has 2 amide bonds. The summed E-state index contributed by atoms with van der Waals surface area (Å²) in [5.41, 5.74) is 0.773. The minimum atomic E-state index is -4.86. The van der Waals surface area contributed by atoms with Crippen molar-refractivity contribution in [3.05, 3.63) is 69.2 Å². The predicted octanol–water partition coefficient (Wildman–Crippen LogP) is 4.56. The van der Waals surface area contributed by atoms with Crippen molar-refractivity contribution >= 4 is 45.4 Å². The lowest BCUT2D eigenvalue weighted by atomic mass is 9.91. The van der Waals surface area contributed by atoms with Crippen molar-refractivity contribution < 1.29 is 27.9 Å². The Morgan fingerprint density at radius 1 is 0.961 bits per heavy atom. The first-order valence-corrected chi connectivity index (χ1v) is 17.9. The molecule has 0 aliphatic carbocycles. The van der Waals surface area contributed by atoms with Crippen LogP contribution in [0.25, 0.3) is 21.9 Å². The molecule has 11 nitrogen and oxygen atoms in total. The van der Waals surface area contributed by atoms with E-state index >= 15 is 0 Å². The number of rotatable bonds is 7. The third-order valence-electron chi connectivity index (χ3n) is 10.8. The number of H-pyrrole nitrogens is 1. The van der Waals surface area contributed by atoms with Crippen LogP contribution < -0.4 is 11.0 Å². The Kier molecular flexibility index (Phi) is 10.0. The zero-order valence-corrected chi connectivity index (χ0v) is 28.8. The number of aromatic hydroxyl groups is 1. The third-order valence-corrected chi connectivity index (χ3v) is 11.1. The van der Waals surface area contributed by atoms with Crippen molar-refractivity contribution in [3.63, 3.8) is 0 Å². The summed E-state index contributed by atoms with van der Waals surface area (Å²) in [5.74, 6) is -2.55. The van der Waals surface area contributed by atoms with Gasteiger partial charge in [-0.15, -0.1) is 0 Å². The lowest BCUT2D eigenvalue weighted by Crippen LogP contribution is -2.53. The number of carbonyl (C=O) groups is 2. The highest BCUT2D eigenvalue weighted by Gasteiger charge is 2.37. The maximum Gasteiger partial charge on any atom is 0.420 e. The van der Waals surface area contributed by atoms with Gasteiger partial charge in [0, 0.05) is 76.2 Å². The number of amides is 2. The second kappa shape index (κ2) is 14.5. The molecule has 0 saturated carbocycles. The van der Waals surface area contributed by atoms with E-state index in [0.29, 0.717) is 56.1 Å². The molecule has 5 heterocycles. The predicted molar refractivity (Wildman–Crippen MR) is 187 cm³/mol. The first-order chi connectivity index (χ1) is 24.5. The molecule has 272 valence electrons. The number of piperidine rings is 2. The van der Waals surface area contributed by atoms with Crippen LogP contribution in [0.3, 0.4) is 0 Å². The average molecular weight is 728 g/mol. The fraction of sp³-hybridized carbons (Fsp3) is 0.500. The molecule has 3 saturated heterocycles. The molecule has 51 heavy (non-hydrogen) atoms. The molecular formula is C36H41ClF3N7O4. The molecule has 3 fully saturated rings. The van der Waals surface area contributed by atoms with E-state index in [1.807, 2.05) is 24.3 Å². The topological polar surface area (TPSA) is 127 Å². The van der Waals surface area contributed by atoms with Crippen LogP contribution >= 0.6 is 11.6 Å². The second-order valence-corrected chi connectivity index (χ2v) is 14.3. The van der Waals surface area contributed by atoms with Crippen LogP contribution in [0.2, 0.25) is 5.02 Å². The number of imidazole rings is 1. The van der Waals surface area contributed by atoms with Gasteiger partial charge in [-0.25, -0.2) is 4.79 Å². The number of hydrogen-bond acceptors (Lipinski definition) is 7. The molecule has 7 rings (SSSR count). The van der Waals surface area contributed by atoms with Crippen molar-refractivity contribution in [2.24, 2.45) is 5.92 Å². The number of pyridine rings is 1. The van der Waals surface area contributed by atoms with Gasteiger partial charge in [0.2, 0.25) is 11.8 Å². The fourth-order valence-electron chi connectivity index (χ4n) is 8.07. The number of halogens is 4. The van der Waals surface area contributed by atoms with Crippen LogP contribution in [0.1, 0.15) is 49.3 Å². The summed E-state index contributed by atoms with van der Waals surface area (Å²) >= 11 is 6.03. The van der Waals surface area contributed by atoms with Gasteiger partial charge in [0.05, 0.1) is 39.3 Å². The SMILES string of the molecule is O=C(C[C@H](Cc1cc(Cl)c(O)c(C(F)(F)F)c1)C(=O)N1CCC(N2CCNCC2)CC1)N1CCC(n2c(=O)[nH]c3c4ccccc4ncc32)CC1. The van der Waals surface area contributed by atoms with Gasteiger partial charge in [-0.2, -0.15) is 13.2 Å². The number of piperazine rings is 1. The number of aromatic amines is 1. The molecule has 15 heteroatoms. The number of carbonyl (C=O) groups excluding carboxylic acids is 2. The highest BCUT2D eigenvalue weighted by molar-refractivity contribution is 6.32. The van der Waals surface area contributed by atoms with Crippen LogP contribution in [0, 0.1) is 5.92 Å². The standard InChI is InChI=1S/C36H41ClF3N7O4/c37-28-19-22(18-27(33(28)49)36(38,39)40)17-23(34(50)46-13-5-24(6-14-46)44-15-9-41-10-16-44)20-31(48)45-11-7-25(8-12-45)47-30-21-42-29-4-2-1-3-26(29)32(30)43-35(47)51/h1-4,18-19,21,23-25,41,49H,5-17,20H2,(H,43,51)/t23-/m0/s1. The maximum absolute atomic E-state index is 14.1. The third kappa shape index (κ3) is 7.31. The summed E-state index contributed by atoms with van der Waals surface area (Å²) < 4.78 is 43.0. The van der Waals surface area contributed by atoms with Gasteiger partial charge >= 0.3 is 11.9 Å². The Balaban J connectivity index is 1.07. The monoisotopic (exact) mass is 727 g/mol. The van der Waals surface area contributed by atoms with E-state index < -0.39 is 28.4 Å². The Morgan fingerprint density at radius 2 is 1.63 bits per heavy atom. The molecule has 2 aromatic carbocycles. The zero-order valence-electron chi connectivity index (χ0n) is 28.1. The number of likely N-dealkylation sites (tertiary alicyclic amines) is 2. The summed E-state index contributed by atoms with van der Waals surface area (Å²) in [4.78, 5) is 54.4. The number of alkyl halides is 3. The highest BCUT2D eigenvalue weighted by atomic mass is 35.5. The first kappa shape index (κ1) is 35.3. The molecule has 0 unspecified atom stereocenters. The van der Waals surface area contributed by atoms with Crippen molar-refractivity contribution in [1.82, 2.24) is 34.6 Å². The largest absolute Gasteiger partial charge is 0.506 e. The van der Waals surface area contributed by atoms with Crippen LogP contribution in [-0.4, -0.2) is 105 Å². The number of para-hydroxylation sites is 1. The summed E-state index contributed by atoms with van der Waals surface area (Å²) in [6.45, 7) is 5.42. The molecule has 3 N–H and O–H groups in total. The van der Waals surface area contributed by atoms with Gasteiger partial charge in [-0.05, 0) is 55.9 Å². The number of hydrogen-bond donors (Lipinski definition) is 3. The summed E-state index contributed by atoms with van der Waals surface area (Å²) in [6.07, 6.45) is -0.931. The van der Waals surface area contributed by atoms with Crippen molar-refractivity contribution in [3.8, 4) is 5.75 Å². The Labute approximate surface area is 297 Å². The molecule has 0 radical (unpaired) electrons. The summed E-state index contributed by atoms with van der Waals surface area (Å²) in [5, 5.41) is 13.8. The normalized spacial score (nSPS) is 19.2. The fourth-order valence-corrected chi connectivity index (χ4v) is 8.32. The average Bonchev–Trinajstić information content (AvgIpc) is 3.48. The Morgan fingerprint density at radius 3 is 2.33 bits per heavy atom. The number of nitrogens with one attached hydrogen (secondary N) is 2. The Bertz CT molecular complexity index is 1980. The number of nitrogens with zero attached hydrogens (tertiary/aromatic N) is 5. The Hall–Kier alpha value is -4.14. The number of benzene rings is 2. The number of phenolic OH excluding ortho intramolecular Hbond substituents is 1. The maximum atomic E-state index is 14.1. The highest BCUT2D eigenvalue weighted by Crippen LogP contribution is 2.41. The van der Waals surface area contributed by atoms with Gasteiger partial charge < -0.3 is 25.2 Å². The molecule has 2 aromatic heterocycles. The van der Waals surface area contributed by atoms with E-state index in [1.54, 1.807) is 20.6 Å². The quantitative estimate of drug-likeness (QED) is 0.255. The zero-order chi connectivity index (χ0) is 35.9. The summed E-state index contributed by atoms with van der Waals surface area (Å²) in [6, 6.07) is 9.79. The van der Waals surface area contributed by atoms with Crippen molar-refractivity contribution in [1.29, 1.82) is 0 Å². The molecule has 1 atom stereocenters. The van der Waals surface area contributed by atoms with Crippen LogP contribution in [0.4, 0.5) is 13.2 Å². The molecular weight excluding hydrogens is 687 g/mol. The van der Waals surface area contributed by atoms with Crippen molar-refractivity contribution in [2.75, 3.05) is 52.4 Å². The minimum Gasteiger partial charge on any atom is -0.506 e. The van der Waals surface area contributed by atoms with Crippen LogP contribution in [0.15, 0.2) is 47.4 Å². The van der Waals surface area contributed by atoms with Gasteiger partial charge in [0.1, 0.15) is 5.75 Å². The molecule has 4 aromatic rings. The van der Waals surface area contributed by atoms with Gasteiger partial charge in [0.25, 0.3) is 0 Å². The van der Waals surface area contributed by atoms with E-state index in [1.165, 1.54) is 6.07 Å². The van der Waals surface area contributed by atoms with E-state index in [-0.39, 0.29) is 42.0 Å². The van der Waals surface area contributed by atoms with E-state index in [2.05, 4.69) is 20.2 Å². The lowest BCUT2D eigenvalue weighted by molar-refractivity contribution is -0.143. The van der Waals surface area contributed by atoms with E-state index in [4.69, 9.17) is 11.6 Å². The molecule has 0 bridgehead atoms.